The van der Waals surface area contributed by atoms with Crippen LogP contribution in [0.1, 0.15) is 47.1 Å². The number of hydrogen-bond donors (Lipinski definition) is 3. The van der Waals surface area contributed by atoms with Gasteiger partial charge in [0, 0.05) is 11.8 Å². The maximum atomic E-state index is 14.1. The Balaban J connectivity index is 2.12. The predicted molar refractivity (Wildman–Crippen MR) is 146 cm³/mol. The summed E-state index contributed by atoms with van der Waals surface area (Å²) in [6.45, 7) is 9.56. The van der Waals surface area contributed by atoms with E-state index >= 15 is 0 Å². The molecule has 3 aromatic rings. The number of imide groups is 1. The molecule has 2 amide bonds. The van der Waals surface area contributed by atoms with Crippen LogP contribution in [0.5, 0.6) is 0 Å². The molecule has 1 aromatic heterocycles. The third-order valence-corrected chi connectivity index (χ3v) is 4.88. The number of rotatable bonds is 5. The van der Waals surface area contributed by atoms with Crippen LogP contribution in [0.2, 0.25) is 0 Å². The summed E-state index contributed by atoms with van der Waals surface area (Å²) in [4.78, 5) is 35.4. The fraction of sp³-hybridized carbons (Fsp3) is 0.333. The Bertz CT molecular complexity index is 1390. The number of ether oxygens (including phenoxy) is 2. The lowest BCUT2D eigenvalue weighted by atomic mass is 10.2. The predicted octanol–water partition coefficient (Wildman–Crippen LogP) is 7.38. The van der Waals surface area contributed by atoms with Crippen LogP contribution in [0.15, 0.2) is 48.5 Å². The number of alkyl halides is 3. The van der Waals surface area contributed by atoms with Gasteiger partial charge in [-0.1, -0.05) is 6.07 Å². The van der Waals surface area contributed by atoms with E-state index in [-0.39, 0.29) is 34.6 Å². The molecule has 0 aliphatic rings. The van der Waals surface area contributed by atoms with Crippen molar-refractivity contribution in [1.29, 1.82) is 0 Å². The first-order chi connectivity index (χ1) is 18.8. The van der Waals surface area contributed by atoms with Crippen molar-refractivity contribution in [3.63, 3.8) is 0 Å². The normalized spacial score (nSPS) is 12.0. The lowest BCUT2D eigenvalue weighted by Gasteiger charge is -2.28. The second-order valence-corrected chi connectivity index (χ2v) is 10.8. The maximum Gasteiger partial charge on any atom is 0.425 e. The van der Waals surface area contributed by atoms with E-state index in [1.54, 1.807) is 41.5 Å². The molecule has 41 heavy (non-hydrogen) atoms. The Morgan fingerprint density at radius 2 is 1.41 bits per heavy atom. The third kappa shape index (κ3) is 8.68. The van der Waals surface area contributed by atoms with Crippen LogP contribution in [-0.4, -0.2) is 33.4 Å². The zero-order valence-electron chi connectivity index (χ0n) is 23.2. The molecule has 0 aliphatic heterocycles. The Morgan fingerprint density at radius 3 is 1.93 bits per heavy atom. The minimum Gasteiger partial charge on any atom is -0.443 e. The number of nitrogen functional groups attached to an aromatic ring is 1. The summed E-state index contributed by atoms with van der Waals surface area (Å²) in [6, 6.07) is 9.20. The highest BCUT2D eigenvalue weighted by molar-refractivity contribution is 6.09. The van der Waals surface area contributed by atoms with Crippen molar-refractivity contribution in [2.24, 2.45) is 0 Å². The van der Waals surface area contributed by atoms with Gasteiger partial charge in [-0.3, -0.25) is 0 Å². The number of carbonyl (C=O) groups is 2. The molecule has 1 heterocycles. The number of benzene rings is 2. The number of nitrogens with zero attached hydrogens (tertiary/aromatic N) is 3. The molecule has 0 saturated heterocycles. The van der Waals surface area contributed by atoms with Crippen LogP contribution in [0.4, 0.5) is 61.8 Å². The summed E-state index contributed by atoms with van der Waals surface area (Å²) >= 11 is 0. The molecule has 3 rings (SSSR count). The highest BCUT2D eigenvalue weighted by Gasteiger charge is 2.34. The minimum absolute atomic E-state index is 0.0566. The van der Waals surface area contributed by atoms with Gasteiger partial charge in [0.2, 0.25) is 5.95 Å². The molecule has 4 N–H and O–H groups in total. The van der Waals surface area contributed by atoms with Crippen LogP contribution in [0.25, 0.3) is 0 Å². The molecule has 0 aliphatic carbocycles. The smallest absolute Gasteiger partial charge is 0.425 e. The number of anilines is 6. The van der Waals surface area contributed by atoms with Crippen molar-refractivity contribution >= 4 is 46.8 Å². The summed E-state index contributed by atoms with van der Waals surface area (Å²) in [5.74, 6) is -1.33. The Kier molecular flexibility index (Phi) is 8.65. The van der Waals surface area contributed by atoms with Crippen molar-refractivity contribution in [3.8, 4) is 0 Å². The second-order valence-electron chi connectivity index (χ2n) is 10.8. The topological polar surface area (TPSA) is 132 Å². The average Bonchev–Trinajstić information content (AvgIpc) is 2.79. The minimum atomic E-state index is -4.54. The SMILES string of the molecule is CC(C)(C)OC(=O)N(C(=O)OC(C)(C)C)c1cc(Nc2cccc(F)c2N)nc(Nc2ccc(C(F)(F)F)cc2)n1. The Morgan fingerprint density at radius 1 is 0.854 bits per heavy atom. The lowest BCUT2D eigenvalue weighted by molar-refractivity contribution is -0.137. The first-order valence-electron chi connectivity index (χ1n) is 12.2. The van der Waals surface area contributed by atoms with Crippen molar-refractivity contribution in [2.75, 3.05) is 21.3 Å². The number of nitrogens with one attached hydrogen (secondary N) is 2. The monoisotopic (exact) mass is 578 g/mol. The molecule has 0 radical (unpaired) electrons. The summed E-state index contributed by atoms with van der Waals surface area (Å²) in [6.07, 6.45) is -6.79. The van der Waals surface area contributed by atoms with Crippen molar-refractivity contribution in [1.82, 2.24) is 9.97 Å². The van der Waals surface area contributed by atoms with E-state index in [1.165, 1.54) is 18.2 Å². The van der Waals surface area contributed by atoms with E-state index in [1.807, 2.05) is 0 Å². The summed E-state index contributed by atoms with van der Waals surface area (Å²) in [5, 5.41) is 5.54. The molecule has 0 saturated carbocycles. The molecule has 220 valence electrons. The average molecular weight is 579 g/mol. The molecule has 0 fully saturated rings. The largest absolute Gasteiger partial charge is 0.443 e. The standard InChI is InChI=1S/C27H30F4N6O4/c1-25(2,3)40-23(38)37(24(39)41-26(4,5)6)20-14-19(34-18-9-7-8-17(28)21(18)32)35-22(36-20)33-16-12-10-15(11-13-16)27(29,30)31/h7-14H,32H2,1-6H3,(H2,33,34,35,36). The fourth-order valence-electron chi connectivity index (χ4n) is 3.20. The Labute approximate surface area is 233 Å². The van der Waals surface area contributed by atoms with Gasteiger partial charge in [-0.05, 0) is 77.9 Å². The van der Waals surface area contributed by atoms with Crippen LogP contribution in [-0.2, 0) is 15.7 Å². The zero-order valence-corrected chi connectivity index (χ0v) is 23.2. The molecule has 0 unspecified atom stereocenters. The van der Waals surface area contributed by atoms with E-state index in [2.05, 4.69) is 20.6 Å². The summed E-state index contributed by atoms with van der Waals surface area (Å²) < 4.78 is 63.9. The molecule has 0 atom stereocenters. The quantitative estimate of drug-likeness (QED) is 0.210. The lowest BCUT2D eigenvalue weighted by Crippen LogP contribution is -2.44. The van der Waals surface area contributed by atoms with Crippen molar-refractivity contribution < 1.29 is 36.6 Å². The van der Waals surface area contributed by atoms with E-state index in [0.717, 1.165) is 30.3 Å². The number of aromatic nitrogens is 2. The zero-order chi connectivity index (χ0) is 30.8. The molecule has 2 aromatic carbocycles. The molecular weight excluding hydrogens is 548 g/mol. The van der Waals surface area contributed by atoms with Crippen LogP contribution < -0.4 is 21.3 Å². The number of amides is 2. The van der Waals surface area contributed by atoms with E-state index < -0.39 is 40.9 Å². The van der Waals surface area contributed by atoms with Gasteiger partial charge in [0.1, 0.15) is 22.8 Å². The third-order valence-electron chi connectivity index (χ3n) is 4.88. The molecule has 0 bridgehead atoms. The van der Waals surface area contributed by atoms with Gasteiger partial charge in [-0.25, -0.2) is 14.0 Å². The van der Waals surface area contributed by atoms with E-state index in [9.17, 15) is 27.2 Å². The van der Waals surface area contributed by atoms with Crippen molar-refractivity contribution in [2.45, 2.75) is 58.9 Å². The number of carbonyl (C=O) groups excluding carboxylic acids is 2. The number of para-hydroxylation sites is 1. The van der Waals surface area contributed by atoms with Gasteiger partial charge in [0.25, 0.3) is 0 Å². The highest BCUT2D eigenvalue weighted by atomic mass is 19.4. The Hall–Kier alpha value is -4.62. The van der Waals surface area contributed by atoms with E-state index in [4.69, 9.17) is 15.2 Å². The van der Waals surface area contributed by atoms with Crippen molar-refractivity contribution in [3.05, 3.63) is 59.9 Å². The first kappa shape index (κ1) is 30.9. The van der Waals surface area contributed by atoms with Gasteiger partial charge in [0.05, 0.1) is 16.9 Å². The van der Waals surface area contributed by atoms with Gasteiger partial charge >= 0.3 is 18.4 Å². The van der Waals surface area contributed by atoms with Gasteiger partial charge in [-0.15, -0.1) is 0 Å². The molecule has 14 heteroatoms. The van der Waals surface area contributed by atoms with Crippen LogP contribution in [0, 0.1) is 5.82 Å². The first-order valence-corrected chi connectivity index (χ1v) is 12.2. The molecular formula is C27H30F4N6O4. The summed E-state index contributed by atoms with van der Waals surface area (Å²) in [5.41, 5.74) is 2.96. The molecule has 0 spiro atoms. The number of halogens is 4. The summed E-state index contributed by atoms with van der Waals surface area (Å²) in [7, 11) is 0. The van der Waals surface area contributed by atoms with Crippen LogP contribution in [0.3, 0.4) is 0 Å². The van der Waals surface area contributed by atoms with Crippen LogP contribution >= 0.6 is 0 Å². The maximum absolute atomic E-state index is 14.1. The second kappa shape index (κ2) is 11.5. The number of hydrogen-bond acceptors (Lipinski definition) is 9. The van der Waals surface area contributed by atoms with Gasteiger partial charge < -0.3 is 25.8 Å². The highest BCUT2D eigenvalue weighted by Crippen LogP contribution is 2.32. The fourth-order valence-corrected chi connectivity index (χ4v) is 3.20. The van der Waals surface area contributed by atoms with E-state index in [0.29, 0.717) is 4.90 Å². The van der Waals surface area contributed by atoms with Gasteiger partial charge in [-0.2, -0.15) is 28.0 Å². The number of nitrogens with two attached hydrogens (primary N) is 1. The van der Waals surface area contributed by atoms with Gasteiger partial charge in [0.15, 0.2) is 5.82 Å². The molecule has 10 nitrogen and oxygen atoms in total.